The molecule has 0 aliphatic rings. The van der Waals surface area contributed by atoms with Crippen LogP contribution in [-0.4, -0.2) is 5.78 Å². The van der Waals surface area contributed by atoms with Crippen molar-refractivity contribution in [2.75, 3.05) is 0 Å². The van der Waals surface area contributed by atoms with Crippen LogP contribution in [0.25, 0.3) is 0 Å². The van der Waals surface area contributed by atoms with E-state index in [4.69, 9.17) is 23.2 Å². The lowest BCUT2D eigenvalue weighted by Gasteiger charge is -2.16. The van der Waals surface area contributed by atoms with Gasteiger partial charge in [0.25, 0.3) is 0 Å². The van der Waals surface area contributed by atoms with Crippen molar-refractivity contribution in [3.05, 3.63) is 64.5 Å². The van der Waals surface area contributed by atoms with E-state index < -0.39 is 0 Å². The van der Waals surface area contributed by atoms with E-state index in [0.29, 0.717) is 30.1 Å². The topological polar surface area (TPSA) is 17.1 Å². The second kappa shape index (κ2) is 6.64. The van der Waals surface area contributed by atoms with Crippen LogP contribution < -0.4 is 0 Å². The Bertz CT molecular complexity index is 680. The summed E-state index contributed by atoms with van der Waals surface area (Å²) in [6, 6.07) is 3.70. The highest BCUT2D eigenvalue weighted by Gasteiger charge is 2.24. The van der Waals surface area contributed by atoms with Gasteiger partial charge in [-0.15, -0.1) is 0 Å². The molecule has 0 spiro atoms. The molecule has 0 aliphatic heterocycles. The number of rotatable bonds is 2. The molecule has 0 bridgehead atoms. The van der Waals surface area contributed by atoms with Crippen molar-refractivity contribution in [3.8, 4) is 0 Å². The number of hydrogen-bond donors (Lipinski definition) is 0. The van der Waals surface area contributed by atoms with Crippen LogP contribution in [0.3, 0.4) is 0 Å². The molecular formula is C17H14Br2Cl2O. The van der Waals surface area contributed by atoms with Gasteiger partial charge in [0, 0.05) is 20.1 Å². The van der Waals surface area contributed by atoms with Gasteiger partial charge in [-0.25, -0.2) is 0 Å². The van der Waals surface area contributed by atoms with Crippen molar-refractivity contribution in [2.24, 2.45) is 0 Å². The van der Waals surface area contributed by atoms with Gasteiger partial charge in [-0.05, 0) is 93.9 Å². The van der Waals surface area contributed by atoms with Crippen LogP contribution in [0.2, 0.25) is 10.0 Å². The molecule has 0 saturated heterocycles. The summed E-state index contributed by atoms with van der Waals surface area (Å²) < 4.78 is 1.23. The monoisotopic (exact) mass is 462 g/mol. The van der Waals surface area contributed by atoms with Gasteiger partial charge < -0.3 is 0 Å². The molecule has 5 heteroatoms. The number of ketones is 1. The smallest absolute Gasteiger partial charge is 0.195 e. The Hall–Kier alpha value is -0.350. The molecule has 0 aliphatic carbocycles. The second-order valence-corrected chi connectivity index (χ2v) is 7.71. The van der Waals surface area contributed by atoms with E-state index in [1.54, 1.807) is 0 Å². The van der Waals surface area contributed by atoms with Crippen LogP contribution in [0, 0.1) is 27.7 Å². The molecule has 0 aromatic heterocycles. The maximum absolute atomic E-state index is 13.2. The van der Waals surface area contributed by atoms with Crippen molar-refractivity contribution >= 4 is 60.8 Å². The highest BCUT2D eigenvalue weighted by atomic mass is 79.9. The van der Waals surface area contributed by atoms with Gasteiger partial charge >= 0.3 is 0 Å². The van der Waals surface area contributed by atoms with Gasteiger partial charge in [0.1, 0.15) is 0 Å². The number of aryl methyl sites for hydroxylation is 2. The Balaban J connectivity index is 2.80. The summed E-state index contributed by atoms with van der Waals surface area (Å²) in [5, 5.41) is 1.05. The second-order valence-electron chi connectivity index (χ2n) is 5.31. The standard InChI is InChI=1S/C17H14Br2Cl2O/c1-7-5-11(20)15(18)13(9(7)3)17(22)14-10(4)8(2)6-12(21)16(14)19/h5-6H,1-4H3. The molecule has 0 unspecified atom stereocenters. The minimum Gasteiger partial charge on any atom is -0.289 e. The van der Waals surface area contributed by atoms with Crippen LogP contribution in [0.1, 0.15) is 38.2 Å². The SMILES string of the molecule is Cc1cc(Cl)c(Br)c(C(=O)c2c(C)c(C)cc(Cl)c2Br)c1C. The molecule has 1 nitrogen and oxygen atoms in total. The van der Waals surface area contributed by atoms with Crippen molar-refractivity contribution in [1.29, 1.82) is 0 Å². The molecule has 0 heterocycles. The van der Waals surface area contributed by atoms with Gasteiger partial charge in [0.15, 0.2) is 5.78 Å². The summed E-state index contributed by atoms with van der Waals surface area (Å²) in [4.78, 5) is 13.2. The lowest BCUT2D eigenvalue weighted by molar-refractivity contribution is 0.103. The summed E-state index contributed by atoms with van der Waals surface area (Å²) in [6.45, 7) is 7.72. The Morgan fingerprint density at radius 2 is 1.14 bits per heavy atom. The predicted octanol–water partition coefficient (Wildman–Crippen LogP) is 6.98. The molecular weight excluding hydrogens is 451 g/mol. The third-order valence-electron chi connectivity index (χ3n) is 3.93. The third kappa shape index (κ3) is 3.01. The Kier molecular flexibility index (Phi) is 5.43. The average molecular weight is 465 g/mol. The van der Waals surface area contributed by atoms with Gasteiger partial charge in [-0.2, -0.15) is 0 Å². The van der Waals surface area contributed by atoms with E-state index in [0.717, 1.165) is 22.3 Å². The predicted molar refractivity (Wildman–Crippen MR) is 101 cm³/mol. The molecule has 0 radical (unpaired) electrons. The molecule has 0 fully saturated rings. The number of carbonyl (C=O) groups excluding carboxylic acids is 1. The first-order valence-electron chi connectivity index (χ1n) is 6.61. The molecule has 2 aromatic rings. The normalized spacial score (nSPS) is 10.9. The Labute approximate surface area is 157 Å². The minimum atomic E-state index is -0.0926. The highest BCUT2D eigenvalue weighted by Crippen LogP contribution is 2.37. The maximum atomic E-state index is 13.2. The first kappa shape index (κ1) is 18.0. The van der Waals surface area contributed by atoms with E-state index in [-0.39, 0.29) is 5.78 Å². The summed E-state index contributed by atoms with van der Waals surface area (Å²) in [7, 11) is 0. The Morgan fingerprint density at radius 3 is 1.45 bits per heavy atom. The van der Waals surface area contributed by atoms with E-state index in [2.05, 4.69) is 31.9 Å². The van der Waals surface area contributed by atoms with Gasteiger partial charge in [0.2, 0.25) is 0 Å². The molecule has 0 saturated carbocycles. The van der Waals surface area contributed by atoms with E-state index in [1.807, 2.05) is 39.8 Å². The molecule has 0 N–H and O–H groups in total. The van der Waals surface area contributed by atoms with Gasteiger partial charge in [-0.3, -0.25) is 4.79 Å². The maximum Gasteiger partial charge on any atom is 0.195 e. The zero-order valence-corrected chi connectivity index (χ0v) is 17.3. The lowest BCUT2D eigenvalue weighted by atomic mass is 9.92. The van der Waals surface area contributed by atoms with Gasteiger partial charge in [-0.1, -0.05) is 23.2 Å². The Morgan fingerprint density at radius 1 is 0.818 bits per heavy atom. The van der Waals surface area contributed by atoms with Crippen LogP contribution in [0.5, 0.6) is 0 Å². The first-order chi connectivity index (χ1) is 10.2. The molecule has 2 aromatic carbocycles. The quantitative estimate of drug-likeness (QED) is 0.438. The first-order valence-corrected chi connectivity index (χ1v) is 8.96. The van der Waals surface area contributed by atoms with Crippen molar-refractivity contribution < 1.29 is 4.79 Å². The zero-order valence-electron chi connectivity index (χ0n) is 12.6. The fraction of sp³-hybridized carbons (Fsp3) is 0.235. The molecule has 0 atom stereocenters. The average Bonchev–Trinajstić information content (AvgIpc) is 2.44. The van der Waals surface area contributed by atoms with Crippen molar-refractivity contribution in [3.63, 3.8) is 0 Å². The fourth-order valence-electron chi connectivity index (χ4n) is 2.35. The summed E-state index contributed by atoms with van der Waals surface area (Å²) in [5.74, 6) is -0.0926. The number of benzene rings is 2. The molecule has 116 valence electrons. The number of halogens is 4. The summed E-state index contributed by atoms with van der Waals surface area (Å²) in [5.41, 5.74) is 4.93. The van der Waals surface area contributed by atoms with Crippen molar-refractivity contribution in [1.82, 2.24) is 0 Å². The molecule has 0 amide bonds. The van der Waals surface area contributed by atoms with Crippen LogP contribution in [-0.2, 0) is 0 Å². The molecule has 2 rings (SSSR count). The van der Waals surface area contributed by atoms with Gasteiger partial charge in [0.05, 0.1) is 10.0 Å². The minimum absolute atomic E-state index is 0.0926. The summed E-state index contributed by atoms with van der Waals surface area (Å²) in [6.07, 6.45) is 0. The van der Waals surface area contributed by atoms with E-state index in [9.17, 15) is 4.79 Å². The number of hydrogen-bond acceptors (Lipinski definition) is 1. The summed E-state index contributed by atoms with van der Waals surface area (Å²) >= 11 is 19.4. The van der Waals surface area contributed by atoms with E-state index in [1.165, 1.54) is 0 Å². The van der Waals surface area contributed by atoms with Crippen LogP contribution in [0.15, 0.2) is 21.1 Å². The zero-order chi connectivity index (χ0) is 16.8. The third-order valence-corrected chi connectivity index (χ3v) is 6.63. The molecule has 22 heavy (non-hydrogen) atoms. The lowest BCUT2D eigenvalue weighted by Crippen LogP contribution is -2.10. The fourth-order valence-corrected chi connectivity index (χ4v) is 4.05. The van der Waals surface area contributed by atoms with E-state index >= 15 is 0 Å². The van der Waals surface area contributed by atoms with Crippen LogP contribution in [0.4, 0.5) is 0 Å². The highest BCUT2D eigenvalue weighted by molar-refractivity contribution is 9.11. The largest absolute Gasteiger partial charge is 0.289 e. The van der Waals surface area contributed by atoms with Crippen LogP contribution >= 0.6 is 55.1 Å². The van der Waals surface area contributed by atoms with Crippen molar-refractivity contribution in [2.45, 2.75) is 27.7 Å². The number of carbonyl (C=O) groups is 1.